The lowest BCUT2D eigenvalue weighted by Crippen LogP contribution is -2.25. The van der Waals surface area contributed by atoms with Crippen molar-refractivity contribution in [2.75, 3.05) is 13.2 Å². The standard InChI is InChI=1S/C17H19NO2/c18-11-15-12-19-17(20-15)16(13-7-3-1-4-8-13)14-9-5-2-6-10-14/h1-10,15-17H,11-12,18H2. The maximum Gasteiger partial charge on any atom is 0.169 e. The second-order valence-corrected chi connectivity index (χ2v) is 4.99. The average Bonchev–Trinajstić information content (AvgIpc) is 2.98. The summed E-state index contributed by atoms with van der Waals surface area (Å²) in [5, 5.41) is 0. The molecule has 2 aromatic rings. The van der Waals surface area contributed by atoms with E-state index in [0.717, 1.165) is 0 Å². The molecule has 0 bridgehead atoms. The van der Waals surface area contributed by atoms with Gasteiger partial charge in [0.1, 0.15) is 0 Å². The third-order valence-corrected chi connectivity index (χ3v) is 3.63. The van der Waals surface area contributed by atoms with Gasteiger partial charge in [-0.25, -0.2) is 0 Å². The van der Waals surface area contributed by atoms with Gasteiger partial charge in [-0.1, -0.05) is 60.7 Å². The topological polar surface area (TPSA) is 44.5 Å². The molecule has 3 nitrogen and oxygen atoms in total. The van der Waals surface area contributed by atoms with Crippen LogP contribution in [0.15, 0.2) is 60.7 Å². The van der Waals surface area contributed by atoms with Crippen molar-refractivity contribution < 1.29 is 9.47 Å². The highest BCUT2D eigenvalue weighted by atomic mass is 16.7. The highest BCUT2D eigenvalue weighted by Crippen LogP contribution is 2.33. The first-order chi connectivity index (χ1) is 9.88. The number of nitrogens with two attached hydrogens (primary N) is 1. The summed E-state index contributed by atoms with van der Waals surface area (Å²) in [5.41, 5.74) is 8.06. The van der Waals surface area contributed by atoms with Gasteiger partial charge in [-0.2, -0.15) is 0 Å². The van der Waals surface area contributed by atoms with Crippen LogP contribution in [0, 0.1) is 0 Å². The molecule has 0 saturated carbocycles. The van der Waals surface area contributed by atoms with E-state index in [9.17, 15) is 0 Å². The number of hydrogen-bond donors (Lipinski definition) is 1. The number of ether oxygens (including phenoxy) is 2. The summed E-state index contributed by atoms with van der Waals surface area (Å²) >= 11 is 0. The number of hydrogen-bond acceptors (Lipinski definition) is 3. The fourth-order valence-electron chi connectivity index (χ4n) is 2.60. The van der Waals surface area contributed by atoms with Crippen molar-refractivity contribution in [3.63, 3.8) is 0 Å². The van der Waals surface area contributed by atoms with Gasteiger partial charge in [-0.15, -0.1) is 0 Å². The first-order valence-corrected chi connectivity index (χ1v) is 6.95. The molecule has 0 aromatic heterocycles. The zero-order valence-electron chi connectivity index (χ0n) is 11.3. The highest BCUT2D eigenvalue weighted by Gasteiger charge is 2.33. The Hall–Kier alpha value is -1.68. The van der Waals surface area contributed by atoms with Gasteiger partial charge in [-0.3, -0.25) is 0 Å². The summed E-state index contributed by atoms with van der Waals surface area (Å²) in [6.07, 6.45) is -0.275. The van der Waals surface area contributed by atoms with Gasteiger partial charge in [0.2, 0.25) is 0 Å². The van der Waals surface area contributed by atoms with Gasteiger partial charge in [0, 0.05) is 6.54 Å². The molecule has 0 spiro atoms. The molecular formula is C17H19NO2. The van der Waals surface area contributed by atoms with Crippen molar-refractivity contribution in [3.05, 3.63) is 71.8 Å². The average molecular weight is 269 g/mol. The quantitative estimate of drug-likeness (QED) is 0.927. The molecule has 20 heavy (non-hydrogen) atoms. The minimum atomic E-state index is -0.270. The smallest absolute Gasteiger partial charge is 0.169 e. The van der Waals surface area contributed by atoms with Crippen LogP contribution in [0.3, 0.4) is 0 Å². The maximum atomic E-state index is 5.93. The highest BCUT2D eigenvalue weighted by molar-refractivity contribution is 5.33. The van der Waals surface area contributed by atoms with Crippen LogP contribution in [0.4, 0.5) is 0 Å². The molecule has 0 aliphatic carbocycles. The largest absolute Gasteiger partial charge is 0.349 e. The summed E-state index contributed by atoms with van der Waals surface area (Å²) in [4.78, 5) is 0. The lowest BCUT2D eigenvalue weighted by atomic mass is 9.91. The van der Waals surface area contributed by atoms with Gasteiger partial charge in [0.25, 0.3) is 0 Å². The minimum absolute atomic E-state index is 0.00470. The molecule has 1 heterocycles. The molecule has 3 heteroatoms. The number of rotatable bonds is 4. The van der Waals surface area contributed by atoms with Crippen LogP contribution in [0.5, 0.6) is 0 Å². The first kappa shape index (κ1) is 13.3. The molecule has 1 aliphatic heterocycles. The molecule has 2 aromatic carbocycles. The molecule has 104 valence electrons. The molecule has 0 radical (unpaired) electrons. The third-order valence-electron chi connectivity index (χ3n) is 3.63. The van der Waals surface area contributed by atoms with Gasteiger partial charge in [0.15, 0.2) is 6.29 Å². The molecule has 2 unspecified atom stereocenters. The van der Waals surface area contributed by atoms with Crippen molar-refractivity contribution in [1.29, 1.82) is 0 Å². The lowest BCUT2D eigenvalue weighted by molar-refractivity contribution is -0.0659. The van der Waals surface area contributed by atoms with Crippen LogP contribution in [-0.2, 0) is 9.47 Å². The zero-order chi connectivity index (χ0) is 13.8. The molecule has 1 fully saturated rings. The van der Waals surface area contributed by atoms with Crippen LogP contribution < -0.4 is 5.73 Å². The maximum absolute atomic E-state index is 5.93. The monoisotopic (exact) mass is 269 g/mol. The first-order valence-electron chi connectivity index (χ1n) is 6.95. The van der Waals surface area contributed by atoms with Crippen molar-refractivity contribution in [1.82, 2.24) is 0 Å². The van der Waals surface area contributed by atoms with E-state index in [-0.39, 0.29) is 18.3 Å². The molecule has 1 saturated heterocycles. The van der Waals surface area contributed by atoms with E-state index >= 15 is 0 Å². The third kappa shape index (κ3) is 2.75. The van der Waals surface area contributed by atoms with E-state index in [2.05, 4.69) is 24.3 Å². The summed E-state index contributed by atoms with van der Waals surface area (Å²) in [5.74, 6) is 0.0777. The van der Waals surface area contributed by atoms with Crippen molar-refractivity contribution in [2.24, 2.45) is 5.73 Å². The minimum Gasteiger partial charge on any atom is -0.349 e. The van der Waals surface area contributed by atoms with Crippen molar-refractivity contribution in [3.8, 4) is 0 Å². The Morgan fingerprint density at radius 1 is 0.950 bits per heavy atom. The van der Waals surface area contributed by atoms with Crippen LogP contribution >= 0.6 is 0 Å². The predicted molar refractivity (Wildman–Crippen MR) is 78.4 cm³/mol. The van der Waals surface area contributed by atoms with E-state index in [1.54, 1.807) is 0 Å². The summed E-state index contributed by atoms with van der Waals surface area (Å²) < 4.78 is 11.8. The Morgan fingerprint density at radius 2 is 1.50 bits per heavy atom. The van der Waals surface area contributed by atoms with Crippen LogP contribution in [0.25, 0.3) is 0 Å². The van der Waals surface area contributed by atoms with E-state index in [0.29, 0.717) is 13.2 Å². The normalized spacial score (nSPS) is 22.3. The molecular weight excluding hydrogens is 250 g/mol. The van der Waals surface area contributed by atoms with Crippen LogP contribution in [0.1, 0.15) is 17.0 Å². The molecule has 0 amide bonds. The van der Waals surface area contributed by atoms with Gasteiger partial charge >= 0.3 is 0 Å². The summed E-state index contributed by atoms with van der Waals surface area (Å²) in [6.45, 7) is 1.06. The second-order valence-electron chi connectivity index (χ2n) is 4.99. The van der Waals surface area contributed by atoms with Crippen molar-refractivity contribution >= 4 is 0 Å². The second kappa shape index (κ2) is 6.18. The predicted octanol–water partition coefficient (Wildman–Crippen LogP) is 2.52. The Labute approximate surface area is 119 Å². The Bertz CT molecular complexity index is 490. The lowest BCUT2D eigenvalue weighted by Gasteiger charge is -2.23. The summed E-state index contributed by atoms with van der Waals surface area (Å²) in [7, 11) is 0. The zero-order valence-corrected chi connectivity index (χ0v) is 11.3. The molecule has 1 aliphatic rings. The Morgan fingerprint density at radius 3 is 1.95 bits per heavy atom. The molecule has 3 rings (SSSR count). The van der Waals surface area contributed by atoms with E-state index in [4.69, 9.17) is 15.2 Å². The van der Waals surface area contributed by atoms with Crippen LogP contribution in [-0.4, -0.2) is 25.5 Å². The van der Waals surface area contributed by atoms with Gasteiger partial charge in [-0.05, 0) is 11.1 Å². The Kier molecular flexibility index (Phi) is 4.11. The van der Waals surface area contributed by atoms with E-state index < -0.39 is 0 Å². The van der Waals surface area contributed by atoms with Crippen LogP contribution in [0.2, 0.25) is 0 Å². The van der Waals surface area contributed by atoms with Crippen molar-refractivity contribution in [2.45, 2.75) is 18.3 Å². The van der Waals surface area contributed by atoms with E-state index in [1.165, 1.54) is 11.1 Å². The Balaban J connectivity index is 1.93. The molecule has 2 N–H and O–H groups in total. The fraction of sp³-hybridized carbons (Fsp3) is 0.294. The van der Waals surface area contributed by atoms with Gasteiger partial charge in [0.05, 0.1) is 18.6 Å². The van der Waals surface area contributed by atoms with E-state index in [1.807, 2.05) is 36.4 Å². The SMILES string of the molecule is NCC1COC(C(c2ccccc2)c2ccccc2)O1. The fourth-order valence-corrected chi connectivity index (χ4v) is 2.60. The number of benzene rings is 2. The van der Waals surface area contributed by atoms with Gasteiger partial charge < -0.3 is 15.2 Å². The molecule has 2 atom stereocenters. The summed E-state index contributed by atoms with van der Waals surface area (Å²) in [6, 6.07) is 20.7.